The van der Waals surface area contributed by atoms with Crippen LogP contribution in [0.4, 0.5) is 0 Å². The van der Waals surface area contributed by atoms with Gasteiger partial charge in [0.2, 0.25) is 0 Å². The minimum atomic E-state index is -3.52. The number of furan rings is 1. The Labute approximate surface area is 134 Å². The summed E-state index contributed by atoms with van der Waals surface area (Å²) < 4.78 is 34.1. The van der Waals surface area contributed by atoms with Crippen molar-refractivity contribution >= 4 is 21.8 Å². The van der Waals surface area contributed by atoms with Crippen LogP contribution >= 0.6 is 11.8 Å². The van der Waals surface area contributed by atoms with Gasteiger partial charge in [-0.1, -0.05) is 0 Å². The van der Waals surface area contributed by atoms with Crippen LogP contribution in [0.2, 0.25) is 0 Å². The Hall–Kier alpha value is -1.25. The molecule has 1 aliphatic rings. The second kappa shape index (κ2) is 6.10. The molecule has 0 unspecified atom stereocenters. The molecule has 0 N–H and O–H groups in total. The van der Waals surface area contributed by atoms with E-state index in [1.54, 1.807) is 42.8 Å². The van der Waals surface area contributed by atoms with Crippen LogP contribution in [0.3, 0.4) is 0 Å². The van der Waals surface area contributed by atoms with Gasteiger partial charge in [-0.05, 0) is 25.5 Å². The molecule has 1 saturated heterocycles. The van der Waals surface area contributed by atoms with Gasteiger partial charge in [0.05, 0.1) is 11.5 Å². The first-order chi connectivity index (χ1) is 10.5. The molecule has 2 aromatic heterocycles. The third-order valence-electron chi connectivity index (χ3n) is 3.85. The van der Waals surface area contributed by atoms with Gasteiger partial charge in [-0.3, -0.25) is 0 Å². The van der Waals surface area contributed by atoms with E-state index in [0.29, 0.717) is 18.9 Å². The largest absolute Gasteiger partial charge is 0.468 e. The first-order valence-corrected chi connectivity index (χ1v) is 9.62. The van der Waals surface area contributed by atoms with Crippen LogP contribution in [-0.2, 0) is 17.1 Å². The Bertz CT molecular complexity index is 718. The summed E-state index contributed by atoms with van der Waals surface area (Å²) in [5.74, 6) is 2.35. The lowest BCUT2D eigenvalue weighted by atomic mass is 10.2. The van der Waals surface area contributed by atoms with Crippen LogP contribution < -0.4 is 0 Å². The summed E-state index contributed by atoms with van der Waals surface area (Å²) in [4.78, 5) is 4.16. The van der Waals surface area contributed by atoms with Crippen molar-refractivity contribution in [2.75, 3.05) is 18.8 Å². The number of rotatable bonds is 3. The van der Waals surface area contributed by atoms with E-state index in [2.05, 4.69) is 4.98 Å². The fourth-order valence-electron chi connectivity index (χ4n) is 2.48. The molecule has 1 fully saturated rings. The number of imidazole rings is 1. The highest BCUT2D eigenvalue weighted by Gasteiger charge is 2.30. The van der Waals surface area contributed by atoms with Gasteiger partial charge in [-0.15, -0.1) is 11.8 Å². The molecular formula is C14H19N3O3S2. The van der Waals surface area contributed by atoms with Crippen LogP contribution in [0.15, 0.2) is 34.0 Å². The van der Waals surface area contributed by atoms with Gasteiger partial charge in [0.1, 0.15) is 11.6 Å². The molecule has 1 aliphatic heterocycles. The lowest BCUT2D eigenvalue weighted by Gasteiger charge is -2.18. The Kier molecular flexibility index (Phi) is 4.33. The number of aromatic nitrogens is 2. The lowest BCUT2D eigenvalue weighted by Crippen LogP contribution is -2.33. The Morgan fingerprint density at radius 1 is 1.41 bits per heavy atom. The number of hydrogen-bond donors (Lipinski definition) is 0. The topological polar surface area (TPSA) is 68.3 Å². The number of hydrogen-bond acceptors (Lipinski definition) is 5. The van der Waals surface area contributed by atoms with Crippen LogP contribution in [-0.4, -0.2) is 41.1 Å². The van der Waals surface area contributed by atoms with Gasteiger partial charge in [0.25, 0.3) is 10.0 Å². The molecule has 22 heavy (non-hydrogen) atoms. The molecule has 2 aromatic rings. The molecule has 0 radical (unpaired) electrons. The Balaban J connectivity index is 1.78. The summed E-state index contributed by atoms with van der Waals surface area (Å²) in [5.41, 5.74) is 0. The summed E-state index contributed by atoms with van der Waals surface area (Å²) in [6.45, 7) is 2.78. The Morgan fingerprint density at radius 2 is 2.23 bits per heavy atom. The van der Waals surface area contributed by atoms with E-state index in [1.165, 1.54) is 4.31 Å². The first kappa shape index (κ1) is 15.6. The monoisotopic (exact) mass is 341 g/mol. The summed E-state index contributed by atoms with van der Waals surface area (Å²) in [6.07, 6.45) is 3.97. The first-order valence-electron chi connectivity index (χ1n) is 7.13. The van der Waals surface area contributed by atoms with Gasteiger partial charge >= 0.3 is 0 Å². The van der Waals surface area contributed by atoms with E-state index in [0.717, 1.165) is 17.9 Å². The van der Waals surface area contributed by atoms with E-state index >= 15 is 0 Å². The number of sulfonamides is 1. The zero-order valence-electron chi connectivity index (χ0n) is 12.6. The zero-order chi connectivity index (χ0) is 15.7. The molecule has 0 bridgehead atoms. The van der Waals surface area contributed by atoms with E-state index in [4.69, 9.17) is 4.42 Å². The zero-order valence-corrected chi connectivity index (χ0v) is 14.2. The van der Waals surface area contributed by atoms with Crippen LogP contribution in [0.5, 0.6) is 0 Å². The predicted molar refractivity (Wildman–Crippen MR) is 85.2 cm³/mol. The molecule has 6 nitrogen and oxygen atoms in total. The maximum atomic E-state index is 12.7. The minimum Gasteiger partial charge on any atom is -0.468 e. The van der Waals surface area contributed by atoms with Crippen LogP contribution in [0.1, 0.15) is 23.3 Å². The van der Waals surface area contributed by atoms with Crippen LogP contribution in [0, 0.1) is 6.92 Å². The van der Waals surface area contributed by atoms with Crippen molar-refractivity contribution in [3.63, 3.8) is 0 Å². The standard InChI is InChI=1S/C14H19N3O3S2/c1-11-15-14(10-16(11)2)22(18,19)17-6-5-13(21-9-7-17)12-4-3-8-20-12/h3-4,8,10,13H,5-7,9H2,1-2H3/t13-/m1/s1. The predicted octanol–water partition coefficient (Wildman–Crippen LogP) is 2.19. The van der Waals surface area contributed by atoms with Gasteiger partial charge in [-0.25, -0.2) is 13.4 Å². The average Bonchev–Trinajstić information content (AvgIpc) is 3.04. The summed E-state index contributed by atoms with van der Waals surface area (Å²) in [7, 11) is -1.72. The van der Waals surface area contributed by atoms with Crippen molar-refractivity contribution in [3.05, 3.63) is 36.2 Å². The third kappa shape index (κ3) is 2.95. The molecule has 0 amide bonds. The second-order valence-corrected chi connectivity index (χ2v) is 8.50. The van der Waals surface area contributed by atoms with Gasteiger partial charge in [-0.2, -0.15) is 4.31 Å². The molecule has 120 valence electrons. The number of nitrogens with zero attached hydrogens (tertiary/aromatic N) is 3. The molecule has 3 rings (SSSR count). The fraction of sp³-hybridized carbons (Fsp3) is 0.500. The summed E-state index contributed by atoms with van der Waals surface area (Å²) >= 11 is 1.74. The van der Waals surface area contributed by atoms with E-state index in [1.807, 2.05) is 12.1 Å². The number of aryl methyl sites for hydroxylation is 2. The van der Waals surface area contributed by atoms with Crippen LogP contribution in [0.25, 0.3) is 0 Å². The highest BCUT2D eigenvalue weighted by molar-refractivity contribution is 7.99. The van der Waals surface area contributed by atoms with E-state index < -0.39 is 10.0 Å². The SMILES string of the molecule is Cc1nc(S(=O)(=O)N2CCS[C@@H](c3ccco3)CC2)cn1C. The van der Waals surface area contributed by atoms with Gasteiger partial charge in [0, 0.05) is 32.1 Å². The number of thioether (sulfide) groups is 1. The normalized spacial score (nSPS) is 20.9. The van der Waals surface area contributed by atoms with Crippen molar-refractivity contribution < 1.29 is 12.8 Å². The van der Waals surface area contributed by atoms with Crippen molar-refractivity contribution in [1.82, 2.24) is 13.9 Å². The maximum Gasteiger partial charge on any atom is 0.262 e. The van der Waals surface area contributed by atoms with Gasteiger partial charge < -0.3 is 8.98 Å². The molecule has 1 atom stereocenters. The molecule has 8 heteroatoms. The molecule has 0 aromatic carbocycles. The quantitative estimate of drug-likeness (QED) is 0.856. The highest BCUT2D eigenvalue weighted by atomic mass is 32.2. The highest BCUT2D eigenvalue weighted by Crippen LogP contribution is 2.35. The minimum absolute atomic E-state index is 0.133. The third-order valence-corrected chi connectivity index (χ3v) is 6.91. The molecule has 3 heterocycles. The van der Waals surface area contributed by atoms with E-state index in [9.17, 15) is 8.42 Å². The fourth-order valence-corrected chi connectivity index (χ4v) is 5.25. The summed E-state index contributed by atoms with van der Waals surface area (Å²) in [6, 6.07) is 3.82. The van der Waals surface area contributed by atoms with Crippen molar-refractivity contribution in [2.45, 2.75) is 23.6 Å². The van der Waals surface area contributed by atoms with E-state index in [-0.39, 0.29) is 10.3 Å². The molecule has 0 spiro atoms. The molecule has 0 saturated carbocycles. The van der Waals surface area contributed by atoms with Crippen molar-refractivity contribution in [1.29, 1.82) is 0 Å². The summed E-state index contributed by atoms with van der Waals surface area (Å²) in [5, 5.41) is 0.342. The second-order valence-electron chi connectivity index (χ2n) is 5.30. The Morgan fingerprint density at radius 3 is 2.86 bits per heavy atom. The molecular weight excluding hydrogens is 322 g/mol. The van der Waals surface area contributed by atoms with Gasteiger partial charge in [0.15, 0.2) is 5.03 Å². The maximum absolute atomic E-state index is 12.7. The lowest BCUT2D eigenvalue weighted by molar-refractivity contribution is 0.415. The smallest absolute Gasteiger partial charge is 0.262 e. The average molecular weight is 341 g/mol. The molecule has 0 aliphatic carbocycles. The van der Waals surface area contributed by atoms with Crippen molar-refractivity contribution in [2.24, 2.45) is 7.05 Å². The van der Waals surface area contributed by atoms with Crippen molar-refractivity contribution in [3.8, 4) is 0 Å².